The van der Waals surface area contributed by atoms with Gasteiger partial charge in [0.05, 0.1) is 29.5 Å². The Labute approximate surface area is 215 Å². The summed E-state index contributed by atoms with van der Waals surface area (Å²) in [4.78, 5) is 28.4. The molecular weight excluding hydrogens is 468 g/mol. The predicted molar refractivity (Wildman–Crippen MR) is 142 cm³/mol. The number of pyridine rings is 1. The molecule has 190 valence electrons. The Morgan fingerprint density at radius 1 is 1.11 bits per heavy atom. The summed E-state index contributed by atoms with van der Waals surface area (Å²) < 4.78 is 1.95. The number of aromatic nitrogens is 5. The van der Waals surface area contributed by atoms with Gasteiger partial charge in [0.25, 0.3) is 0 Å². The lowest BCUT2D eigenvalue weighted by atomic mass is 10.0. The van der Waals surface area contributed by atoms with Gasteiger partial charge >= 0.3 is 6.09 Å². The van der Waals surface area contributed by atoms with Gasteiger partial charge < -0.3 is 20.2 Å². The second-order valence-corrected chi connectivity index (χ2v) is 10.3. The second-order valence-electron chi connectivity index (χ2n) is 10.3. The van der Waals surface area contributed by atoms with E-state index in [1.54, 1.807) is 29.7 Å². The SMILES string of the molecule is CC(C)CCc1ccc2c(Nc3cnccn3)nn(-c3ccnc(N4C[C@@H]5C[C@H]4CN5C(=O)O)c3)c2c1. The Morgan fingerprint density at radius 3 is 2.73 bits per heavy atom. The van der Waals surface area contributed by atoms with Crippen LogP contribution in [0.4, 0.5) is 22.2 Å². The quantitative estimate of drug-likeness (QED) is 0.383. The van der Waals surface area contributed by atoms with Gasteiger partial charge in [0.1, 0.15) is 11.6 Å². The van der Waals surface area contributed by atoms with E-state index in [0.29, 0.717) is 30.6 Å². The maximum absolute atomic E-state index is 11.5. The number of amides is 1. The predicted octanol–water partition coefficient (Wildman–Crippen LogP) is 4.48. The first-order valence-electron chi connectivity index (χ1n) is 12.7. The van der Waals surface area contributed by atoms with Crippen LogP contribution >= 0.6 is 0 Å². The van der Waals surface area contributed by atoms with Crippen LogP contribution < -0.4 is 10.2 Å². The summed E-state index contributed by atoms with van der Waals surface area (Å²) in [6.45, 7) is 5.66. The largest absolute Gasteiger partial charge is 0.465 e. The fourth-order valence-electron chi connectivity index (χ4n) is 5.42. The molecule has 3 aromatic heterocycles. The molecule has 2 aliphatic rings. The van der Waals surface area contributed by atoms with Gasteiger partial charge in [-0.05, 0) is 48.9 Å². The number of fused-ring (bicyclic) bond motifs is 3. The number of aryl methyl sites for hydroxylation is 1. The normalized spacial score (nSPS) is 18.8. The molecule has 6 rings (SSSR count). The lowest BCUT2D eigenvalue weighted by Crippen LogP contribution is -2.48. The van der Waals surface area contributed by atoms with E-state index in [1.807, 2.05) is 16.8 Å². The summed E-state index contributed by atoms with van der Waals surface area (Å²) in [5, 5.41) is 18.7. The van der Waals surface area contributed by atoms with Gasteiger partial charge in [-0.15, -0.1) is 5.10 Å². The van der Waals surface area contributed by atoms with Crippen molar-refractivity contribution in [1.82, 2.24) is 29.6 Å². The molecule has 10 heteroatoms. The van der Waals surface area contributed by atoms with E-state index in [-0.39, 0.29) is 12.1 Å². The van der Waals surface area contributed by atoms with Crippen LogP contribution in [0.15, 0.2) is 55.1 Å². The molecular formula is C27H30N8O2. The molecule has 2 saturated heterocycles. The van der Waals surface area contributed by atoms with Crippen LogP contribution in [-0.2, 0) is 6.42 Å². The van der Waals surface area contributed by atoms with Crippen molar-refractivity contribution in [2.24, 2.45) is 5.92 Å². The zero-order valence-electron chi connectivity index (χ0n) is 20.9. The number of nitrogens with one attached hydrogen (secondary N) is 1. The molecule has 10 nitrogen and oxygen atoms in total. The minimum Gasteiger partial charge on any atom is -0.465 e. The molecule has 0 radical (unpaired) electrons. The van der Waals surface area contributed by atoms with E-state index in [2.05, 4.69) is 57.2 Å². The molecule has 0 saturated carbocycles. The van der Waals surface area contributed by atoms with Crippen LogP contribution in [-0.4, -0.2) is 66.0 Å². The van der Waals surface area contributed by atoms with Crippen LogP contribution in [0.2, 0.25) is 0 Å². The minimum atomic E-state index is -0.840. The zero-order valence-corrected chi connectivity index (χ0v) is 20.9. The van der Waals surface area contributed by atoms with Gasteiger partial charge in [-0.25, -0.2) is 19.4 Å². The van der Waals surface area contributed by atoms with Crippen molar-refractivity contribution in [3.05, 3.63) is 60.7 Å². The topological polar surface area (TPSA) is 112 Å². The van der Waals surface area contributed by atoms with Crippen LogP contribution in [0.1, 0.15) is 32.3 Å². The summed E-state index contributed by atoms with van der Waals surface area (Å²) in [5.41, 5.74) is 3.18. The van der Waals surface area contributed by atoms with E-state index in [9.17, 15) is 9.90 Å². The Balaban J connectivity index is 1.37. The zero-order chi connectivity index (χ0) is 25.5. The highest BCUT2D eigenvalue weighted by Gasteiger charge is 2.45. The third-order valence-electron chi connectivity index (χ3n) is 7.32. The van der Waals surface area contributed by atoms with Gasteiger partial charge in [0.15, 0.2) is 5.82 Å². The second kappa shape index (κ2) is 9.34. The van der Waals surface area contributed by atoms with Gasteiger partial charge in [-0.1, -0.05) is 19.9 Å². The van der Waals surface area contributed by atoms with E-state index in [0.717, 1.165) is 41.7 Å². The molecule has 0 aliphatic carbocycles. The standard InChI is InChI=1S/C27H30N8O2/c1-17(2)3-4-18-5-6-22-23(11-18)35(32-26(22)31-24-14-28-9-10-29-24)19-7-8-30-25(13-19)33-15-21-12-20(33)16-34(21)27(36)37/h5-11,13-14,17,20-21H,3-4,12,15-16H2,1-2H3,(H,36,37)(H,29,31,32)/t20-,21-/m0/s1. The average Bonchev–Trinajstić information content (AvgIpc) is 3.61. The third kappa shape index (κ3) is 4.43. The van der Waals surface area contributed by atoms with Crippen LogP contribution in [0.25, 0.3) is 16.6 Å². The molecule has 2 aliphatic heterocycles. The molecule has 2 atom stereocenters. The van der Waals surface area contributed by atoms with E-state index in [1.165, 1.54) is 5.56 Å². The van der Waals surface area contributed by atoms with E-state index < -0.39 is 6.09 Å². The monoisotopic (exact) mass is 498 g/mol. The molecule has 2 N–H and O–H groups in total. The molecule has 0 unspecified atom stereocenters. The summed E-state index contributed by atoms with van der Waals surface area (Å²) in [6.07, 6.45) is 8.89. The van der Waals surface area contributed by atoms with Crippen molar-refractivity contribution in [3.63, 3.8) is 0 Å². The number of nitrogens with zero attached hydrogens (tertiary/aromatic N) is 7. The summed E-state index contributed by atoms with van der Waals surface area (Å²) in [5.74, 6) is 2.81. The highest BCUT2D eigenvalue weighted by molar-refractivity contribution is 5.93. The molecule has 2 bridgehead atoms. The summed E-state index contributed by atoms with van der Waals surface area (Å²) in [6, 6.07) is 10.7. The lowest BCUT2D eigenvalue weighted by Gasteiger charge is -2.33. The highest BCUT2D eigenvalue weighted by Crippen LogP contribution is 2.35. The first kappa shape index (κ1) is 23.2. The molecule has 5 heterocycles. The van der Waals surface area contributed by atoms with E-state index >= 15 is 0 Å². The maximum Gasteiger partial charge on any atom is 0.407 e. The van der Waals surface area contributed by atoms with Crippen LogP contribution in [0.5, 0.6) is 0 Å². The fraction of sp³-hybridized carbons (Fsp3) is 0.370. The lowest BCUT2D eigenvalue weighted by molar-refractivity contribution is 0.137. The van der Waals surface area contributed by atoms with Crippen molar-refractivity contribution in [2.45, 2.75) is 45.2 Å². The Kier molecular flexibility index (Phi) is 5.86. The van der Waals surface area contributed by atoms with Crippen molar-refractivity contribution in [1.29, 1.82) is 0 Å². The number of hydrogen-bond donors (Lipinski definition) is 2. The number of piperazine rings is 1. The van der Waals surface area contributed by atoms with Crippen molar-refractivity contribution in [3.8, 4) is 5.69 Å². The van der Waals surface area contributed by atoms with Gasteiger partial charge in [0, 0.05) is 43.1 Å². The van der Waals surface area contributed by atoms with Crippen molar-refractivity contribution < 1.29 is 9.90 Å². The van der Waals surface area contributed by atoms with Gasteiger partial charge in [0.2, 0.25) is 0 Å². The summed E-state index contributed by atoms with van der Waals surface area (Å²) >= 11 is 0. The van der Waals surface area contributed by atoms with Crippen molar-refractivity contribution >= 4 is 34.4 Å². The van der Waals surface area contributed by atoms with Crippen LogP contribution in [0, 0.1) is 5.92 Å². The molecule has 2 fully saturated rings. The Morgan fingerprint density at radius 2 is 2.00 bits per heavy atom. The number of rotatable bonds is 7. The molecule has 1 amide bonds. The minimum absolute atomic E-state index is 0.0183. The molecule has 1 aromatic carbocycles. The van der Waals surface area contributed by atoms with Crippen molar-refractivity contribution in [2.75, 3.05) is 23.3 Å². The molecule has 4 aromatic rings. The number of benzene rings is 1. The fourth-order valence-corrected chi connectivity index (χ4v) is 5.42. The van der Waals surface area contributed by atoms with Gasteiger partial charge in [-0.2, -0.15) is 0 Å². The smallest absolute Gasteiger partial charge is 0.407 e. The number of anilines is 3. The van der Waals surface area contributed by atoms with Gasteiger partial charge in [-0.3, -0.25) is 4.98 Å². The Bertz CT molecular complexity index is 1440. The number of carbonyl (C=O) groups is 1. The average molecular weight is 499 g/mol. The number of hydrogen-bond acceptors (Lipinski definition) is 7. The number of carboxylic acid groups (broad SMARTS) is 1. The maximum atomic E-state index is 11.5. The third-order valence-corrected chi connectivity index (χ3v) is 7.32. The molecule has 0 spiro atoms. The van der Waals surface area contributed by atoms with E-state index in [4.69, 9.17) is 5.10 Å². The number of likely N-dealkylation sites (tertiary alicyclic amines) is 1. The highest BCUT2D eigenvalue weighted by atomic mass is 16.4. The first-order valence-corrected chi connectivity index (χ1v) is 12.7. The first-order chi connectivity index (χ1) is 18.0. The molecule has 37 heavy (non-hydrogen) atoms. The Hall–Kier alpha value is -4.21. The summed E-state index contributed by atoms with van der Waals surface area (Å²) in [7, 11) is 0. The van der Waals surface area contributed by atoms with Crippen LogP contribution in [0.3, 0.4) is 0 Å².